The molecule has 0 unspecified atom stereocenters. The van der Waals surface area contributed by atoms with Gasteiger partial charge < -0.3 is 30.3 Å². The number of carbonyl (C=O) groups is 1. The highest BCUT2D eigenvalue weighted by molar-refractivity contribution is 5.85. The molecule has 1 aromatic heterocycles. The van der Waals surface area contributed by atoms with Gasteiger partial charge in [-0.25, -0.2) is 8.78 Å². The van der Waals surface area contributed by atoms with Crippen LogP contribution >= 0.6 is 0 Å². The van der Waals surface area contributed by atoms with Gasteiger partial charge in [0.15, 0.2) is 0 Å². The van der Waals surface area contributed by atoms with E-state index < -0.39 is 29.1 Å². The predicted octanol–water partition coefficient (Wildman–Crippen LogP) is 4.11. The Balaban J connectivity index is 1.39. The van der Waals surface area contributed by atoms with Crippen LogP contribution in [0.15, 0.2) is 42.6 Å². The van der Waals surface area contributed by atoms with E-state index in [0.29, 0.717) is 72.5 Å². The van der Waals surface area contributed by atoms with Gasteiger partial charge in [0.05, 0.1) is 30.8 Å². The van der Waals surface area contributed by atoms with Crippen molar-refractivity contribution in [2.75, 3.05) is 38.6 Å². The van der Waals surface area contributed by atoms with Crippen LogP contribution in [0.2, 0.25) is 0 Å². The highest BCUT2D eigenvalue weighted by Gasteiger charge is 2.41. The first-order chi connectivity index (χ1) is 18.2. The monoisotopic (exact) mass is 529 g/mol. The summed E-state index contributed by atoms with van der Waals surface area (Å²) >= 11 is 0. The quantitative estimate of drug-likeness (QED) is 0.294. The summed E-state index contributed by atoms with van der Waals surface area (Å²) in [4.78, 5) is 18.8. The van der Waals surface area contributed by atoms with E-state index in [0.717, 1.165) is 6.07 Å². The number of methoxy groups -OCH3 is 1. The predicted molar refractivity (Wildman–Crippen MR) is 139 cm³/mol. The van der Waals surface area contributed by atoms with E-state index in [-0.39, 0.29) is 19.4 Å². The molecule has 1 fully saturated rings. The molecule has 204 valence electrons. The number of nitrogens with zero attached hydrogens (tertiary/aromatic N) is 2. The Bertz CT molecular complexity index is 1260. The van der Waals surface area contributed by atoms with Gasteiger partial charge in [0, 0.05) is 42.0 Å². The maximum atomic E-state index is 13.4. The summed E-state index contributed by atoms with van der Waals surface area (Å²) in [5.41, 5.74) is 1.05. The molecule has 4 rings (SSSR count). The fourth-order valence-corrected chi connectivity index (χ4v) is 5.23. The highest BCUT2D eigenvalue weighted by atomic mass is 19.1. The third-order valence-electron chi connectivity index (χ3n) is 7.49. The molecule has 0 amide bonds. The number of pyridine rings is 1. The van der Waals surface area contributed by atoms with Gasteiger partial charge >= 0.3 is 5.97 Å². The van der Waals surface area contributed by atoms with Gasteiger partial charge in [0.2, 0.25) is 0 Å². The molecule has 0 aliphatic carbocycles. The zero-order valence-electron chi connectivity index (χ0n) is 21.3. The Morgan fingerprint density at radius 3 is 2.53 bits per heavy atom. The Kier molecular flexibility index (Phi) is 8.76. The lowest BCUT2D eigenvalue weighted by Crippen LogP contribution is -2.45. The van der Waals surface area contributed by atoms with Crippen LogP contribution in [0.25, 0.3) is 10.9 Å². The lowest BCUT2D eigenvalue weighted by Gasteiger charge is -2.39. The van der Waals surface area contributed by atoms with E-state index >= 15 is 0 Å². The summed E-state index contributed by atoms with van der Waals surface area (Å²) in [7, 11) is 1.54. The number of piperidine rings is 1. The van der Waals surface area contributed by atoms with E-state index in [4.69, 9.17) is 4.74 Å². The number of ether oxygens (including phenoxy) is 1. The topological polar surface area (TPSA) is 115 Å². The molecular weight excluding hydrogens is 496 g/mol. The number of fused-ring (bicyclic) bond motifs is 1. The minimum absolute atomic E-state index is 0.211. The van der Waals surface area contributed by atoms with Crippen molar-refractivity contribution in [3.8, 4) is 5.75 Å². The van der Waals surface area contributed by atoms with Crippen molar-refractivity contribution in [1.82, 2.24) is 9.88 Å². The SMILES string of the molecule is COc1ccc2ncc(CO)c([C@H](O)CCC3(C(=O)O)CCN(CCNc4cc(F)cc(F)c4)CC3)c2c1. The number of rotatable bonds is 11. The fourth-order valence-electron chi connectivity index (χ4n) is 5.23. The van der Waals surface area contributed by atoms with Gasteiger partial charge in [0.1, 0.15) is 17.4 Å². The zero-order chi connectivity index (χ0) is 27.3. The second-order valence-corrected chi connectivity index (χ2v) is 9.80. The summed E-state index contributed by atoms with van der Waals surface area (Å²) in [6.07, 6.45) is 1.87. The van der Waals surface area contributed by atoms with Gasteiger partial charge in [0.25, 0.3) is 0 Å². The molecule has 10 heteroatoms. The summed E-state index contributed by atoms with van der Waals surface area (Å²) in [6.45, 7) is 1.87. The van der Waals surface area contributed by atoms with Crippen LogP contribution in [-0.2, 0) is 11.4 Å². The molecule has 1 atom stereocenters. The van der Waals surface area contributed by atoms with Crippen LogP contribution in [0.1, 0.15) is 42.9 Å². The Morgan fingerprint density at radius 2 is 1.89 bits per heavy atom. The number of aliphatic carboxylic acids is 1. The van der Waals surface area contributed by atoms with Gasteiger partial charge in [-0.1, -0.05) is 0 Å². The number of nitrogens with one attached hydrogen (secondary N) is 1. The number of hydrogen-bond acceptors (Lipinski definition) is 7. The number of hydrogen-bond donors (Lipinski definition) is 4. The van der Waals surface area contributed by atoms with Gasteiger partial charge in [-0.2, -0.15) is 0 Å². The van der Waals surface area contributed by atoms with Crippen LogP contribution in [0.5, 0.6) is 5.75 Å². The molecule has 2 aromatic carbocycles. The maximum absolute atomic E-state index is 13.4. The zero-order valence-corrected chi connectivity index (χ0v) is 21.3. The summed E-state index contributed by atoms with van der Waals surface area (Å²) in [5.74, 6) is -1.59. The summed E-state index contributed by atoms with van der Waals surface area (Å²) in [6, 6.07) is 8.58. The molecule has 0 bridgehead atoms. The lowest BCUT2D eigenvalue weighted by atomic mass is 9.74. The lowest BCUT2D eigenvalue weighted by molar-refractivity contribution is -0.153. The molecule has 0 spiro atoms. The second-order valence-electron chi connectivity index (χ2n) is 9.80. The van der Waals surface area contributed by atoms with Gasteiger partial charge in [-0.3, -0.25) is 9.78 Å². The van der Waals surface area contributed by atoms with Gasteiger partial charge in [-0.05, 0) is 74.7 Å². The average molecular weight is 530 g/mol. The van der Waals surface area contributed by atoms with Crippen molar-refractivity contribution in [2.24, 2.45) is 5.41 Å². The van der Waals surface area contributed by atoms with Crippen molar-refractivity contribution in [2.45, 2.75) is 38.4 Å². The number of likely N-dealkylation sites (tertiary alicyclic amines) is 1. The third kappa shape index (κ3) is 6.20. The van der Waals surface area contributed by atoms with Crippen LogP contribution in [0, 0.1) is 17.0 Å². The van der Waals surface area contributed by atoms with E-state index in [9.17, 15) is 28.9 Å². The molecule has 2 heterocycles. The third-order valence-corrected chi connectivity index (χ3v) is 7.49. The highest BCUT2D eigenvalue weighted by Crippen LogP contribution is 2.40. The molecule has 38 heavy (non-hydrogen) atoms. The molecule has 1 aliphatic rings. The molecule has 1 saturated heterocycles. The van der Waals surface area contributed by atoms with Crippen molar-refractivity contribution in [3.05, 3.63) is 65.4 Å². The number of carboxylic acids is 1. The fraction of sp³-hybridized carbons (Fsp3) is 0.429. The Labute approximate surface area is 219 Å². The Morgan fingerprint density at radius 1 is 1.18 bits per heavy atom. The average Bonchev–Trinajstić information content (AvgIpc) is 2.90. The number of aliphatic hydroxyl groups excluding tert-OH is 2. The first-order valence-corrected chi connectivity index (χ1v) is 12.6. The minimum atomic E-state index is -0.986. The minimum Gasteiger partial charge on any atom is -0.497 e. The number of carboxylic acid groups (broad SMARTS) is 1. The normalized spacial score (nSPS) is 16.3. The van der Waals surface area contributed by atoms with Crippen LogP contribution in [0.4, 0.5) is 14.5 Å². The van der Waals surface area contributed by atoms with Crippen molar-refractivity contribution in [1.29, 1.82) is 0 Å². The standard InChI is InChI=1S/C28H33F2N3O5/c1-38-22-2-3-24-23(15-22)26(18(17-34)16-32-24)25(35)4-5-28(27(36)37)6-9-33(10-7-28)11-8-31-21-13-19(29)12-20(30)14-21/h2-3,12-16,25,31,34-35H,4-11,17H2,1H3,(H,36,37)/t25-/m1/s1. The first kappa shape index (κ1) is 27.7. The number of aliphatic hydroxyl groups is 2. The molecule has 4 N–H and O–H groups in total. The van der Waals surface area contributed by atoms with Crippen molar-refractivity contribution in [3.63, 3.8) is 0 Å². The summed E-state index contributed by atoms with van der Waals surface area (Å²) in [5, 5.41) is 34.9. The van der Waals surface area contributed by atoms with Crippen LogP contribution in [0.3, 0.4) is 0 Å². The number of benzene rings is 2. The smallest absolute Gasteiger partial charge is 0.309 e. The summed E-state index contributed by atoms with van der Waals surface area (Å²) < 4.78 is 32.1. The molecule has 1 aliphatic heterocycles. The number of halogens is 2. The molecule has 3 aromatic rings. The van der Waals surface area contributed by atoms with Crippen molar-refractivity contribution >= 4 is 22.6 Å². The maximum Gasteiger partial charge on any atom is 0.309 e. The number of anilines is 1. The van der Waals surface area contributed by atoms with Crippen LogP contribution < -0.4 is 10.1 Å². The molecular formula is C28H33F2N3O5. The van der Waals surface area contributed by atoms with E-state index in [1.165, 1.54) is 18.3 Å². The molecule has 8 nitrogen and oxygen atoms in total. The second kappa shape index (κ2) is 12.0. The van der Waals surface area contributed by atoms with E-state index in [2.05, 4.69) is 15.2 Å². The first-order valence-electron chi connectivity index (χ1n) is 12.6. The number of aromatic nitrogens is 1. The van der Waals surface area contributed by atoms with Gasteiger partial charge in [-0.15, -0.1) is 0 Å². The van der Waals surface area contributed by atoms with E-state index in [1.807, 2.05) is 0 Å². The largest absolute Gasteiger partial charge is 0.497 e. The van der Waals surface area contributed by atoms with Crippen LogP contribution in [-0.4, -0.2) is 64.5 Å². The molecule has 0 saturated carbocycles. The Hall–Kier alpha value is -3.34. The van der Waals surface area contributed by atoms with E-state index in [1.54, 1.807) is 25.3 Å². The molecule has 0 radical (unpaired) electrons. The van der Waals surface area contributed by atoms with Crippen molar-refractivity contribution < 1.29 is 33.6 Å².